The average molecular weight is 1520 g/mol. The summed E-state index contributed by atoms with van der Waals surface area (Å²) in [4.78, 5) is 0. The van der Waals surface area contributed by atoms with E-state index in [9.17, 15) is 0 Å². The number of rotatable bonds is 10. The molecular weight excluding hydrogens is 1440 g/mol. The van der Waals surface area contributed by atoms with Gasteiger partial charge in [0.2, 0.25) is 0 Å². The van der Waals surface area contributed by atoms with Gasteiger partial charge in [0.25, 0.3) is 0 Å². The molecule has 0 radical (unpaired) electrons. The van der Waals surface area contributed by atoms with Crippen molar-refractivity contribution >= 4 is 129 Å². The zero-order valence-electron chi connectivity index (χ0n) is 65.9. The monoisotopic (exact) mass is 1520 g/mol. The van der Waals surface area contributed by atoms with Crippen LogP contribution in [0.4, 0.5) is 0 Å². The topological polar surface area (TPSA) is 0 Å². The van der Waals surface area contributed by atoms with E-state index in [1.807, 2.05) is 0 Å². The Morgan fingerprint density at radius 1 is 0.0833 bits per heavy atom. The number of benzene rings is 24. The molecule has 0 saturated carbocycles. The van der Waals surface area contributed by atoms with Gasteiger partial charge in [0, 0.05) is 0 Å². The third kappa shape index (κ3) is 11.9. The molecule has 120 heavy (non-hydrogen) atoms. The minimum absolute atomic E-state index is 1.21. The second-order valence-corrected chi connectivity index (χ2v) is 31.9. The van der Waals surface area contributed by atoms with Crippen LogP contribution in [0.3, 0.4) is 0 Å². The Kier molecular flexibility index (Phi) is 17.1. The van der Waals surface area contributed by atoms with Crippen LogP contribution in [0.15, 0.2) is 461 Å². The fourth-order valence-electron chi connectivity index (χ4n) is 19.8. The lowest BCUT2D eigenvalue weighted by atomic mass is 9.82. The Balaban J connectivity index is 0.000000141. The molecule has 24 rings (SSSR count). The number of hydrogen-bond acceptors (Lipinski definition) is 0. The van der Waals surface area contributed by atoms with E-state index in [-0.39, 0.29) is 0 Å². The molecule has 0 heterocycles. The summed E-state index contributed by atoms with van der Waals surface area (Å²) in [6, 6.07) is 170. The van der Waals surface area contributed by atoms with Crippen molar-refractivity contribution in [3.05, 3.63) is 461 Å². The highest BCUT2D eigenvalue weighted by atomic mass is 14.3. The van der Waals surface area contributed by atoms with Gasteiger partial charge >= 0.3 is 0 Å². The quantitative estimate of drug-likeness (QED) is 0.0946. The Morgan fingerprint density at radius 3 is 0.692 bits per heavy atom. The molecule has 0 fully saturated rings. The summed E-state index contributed by atoms with van der Waals surface area (Å²) in [5.74, 6) is 0. The highest BCUT2D eigenvalue weighted by molar-refractivity contribution is 6.28. The summed E-state index contributed by atoms with van der Waals surface area (Å²) in [5.41, 5.74) is 24.9. The van der Waals surface area contributed by atoms with Gasteiger partial charge in [-0.3, -0.25) is 0 Å². The van der Waals surface area contributed by atoms with E-state index in [0.29, 0.717) is 0 Å². The first-order valence-electron chi connectivity index (χ1n) is 41.7. The molecule has 0 aliphatic rings. The maximum absolute atomic E-state index is 2.47. The highest BCUT2D eigenvalue weighted by Crippen LogP contribution is 2.53. The van der Waals surface area contributed by atoms with Crippen LogP contribution in [0.1, 0.15) is 0 Å². The zero-order chi connectivity index (χ0) is 79.1. The minimum atomic E-state index is 1.21. The molecule has 0 amide bonds. The van der Waals surface area contributed by atoms with Crippen LogP contribution >= 0.6 is 0 Å². The molecule has 0 aliphatic heterocycles. The molecule has 0 unspecified atom stereocenters. The first kappa shape index (κ1) is 69.9. The van der Waals surface area contributed by atoms with Crippen LogP contribution in [0.5, 0.6) is 0 Å². The Morgan fingerprint density at radius 2 is 0.308 bits per heavy atom. The van der Waals surface area contributed by atoms with E-state index >= 15 is 0 Å². The van der Waals surface area contributed by atoms with Gasteiger partial charge in [0.05, 0.1) is 0 Å². The maximum atomic E-state index is 2.47. The summed E-state index contributed by atoms with van der Waals surface area (Å²) >= 11 is 0. The van der Waals surface area contributed by atoms with E-state index in [2.05, 4.69) is 461 Å². The molecule has 0 aromatic heterocycles. The van der Waals surface area contributed by atoms with Crippen LogP contribution in [0.2, 0.25) is 0 Å². The van der Waals surface area contributed by atoms with E-state index in [4.69, 9.17) is 0 Å². The third-order valence-electron chi connectivity index (χ3n) is 25.2. The predicted molar refractivity (Wildman–Crippen MR) is 517 cm³/mol. The van der Waals surface area contributed by atoms with Gasteiger partial charge in [-0.2, -0.15) is 0 Å². The van der Waals surface area contributed by atoms with Crippen LogP contribution in [-0.2, 0) is 0 Å². The van der Waals surface area contributed by atoms with Gasteiger partial charge < -0.3 is 0 Å². The van der Waals surface area contributed by atoms with Crippen molar-refractivity contribution in [2.45, 2.75) is 0 Å². The lowest BCUT2D eigenvalue weighted by Crippen LogP contribution is -1.94. The third-order valence-corrected chi connectivity index (χ3v) is 25.2. The molecule has 556 valence electrons. The Labute approximate surface area is 696 Å². The standard InChI is InChI=1S/C64H40.C56H36/c1-4-16-46-37-49(32-27-41(46)13-1)44-25-30-45(31-26-44)61-55-21-9-11-23-57(55)62(58-24-12-10-22-56(58)61)52-35-36-59-60(40-52)53-19-7-8-20-54(53)63(50-33-28-42-14-2-5-17-47(42)38-50)64(59)51-34-29-43-15-3-6-18-48(43)39-51;1-3-17-39(18-4-1)55-46-24-10-9-23-45(46)52-36-42(34-35-51(52)56(55)40-19-5-2-6-20-40)54-49-27-13-11-25-47(49)53(48-26-12-14-28-50(48)54)41-32-30-38(31-33-41)44-29-15-21-37-16-7-8-22-43(37)44/h1-40H;1-36H. The minimum Gasteiger partial charge on any atom is -0.0622 e. The second-order valence-electron chi connectivity index (χ2n) is 31.9. The summed E-state index contributed by atoms with van der Waals surface area (Å²) in [7, 11) is 0. The van der Waals surface area contributed by atoms with Crippen molar-refractivity contribution in [1.82, 2.24) is 0 Å². The molecule has 0 aliphatic carbocycles. The van der Waals surface area contributed by atoms with E-state index in [0.717, 1.165) is 0 Å². The first-order valence-corrected chi connectivity index (χ1v) is 41.7. The fourth-order valence-corrected chi connectivity index (χ4v) is 19.8. The molecule has 24 aromatic carbocycles. The van der Waals surface area contributed by atoms with Crippen molar-refractivity contribution in [2.75, 3.05) is 0 Å². The zero-order valence-corrected chi connectivity index (χ0v) is 65.9. The molecule has 24 aromatic rings. The summed E-state index contributed by atoms with van der Waals surface area (Å²) in [6.07, 6.45) is 0. The van der Waals surface area contributed by atoms with E-state index in [1.54, 1.807) is 0 Å². The summed E-state index contributed by atoms with van der Waals surface area (Å²) < 4.78 is 0. The summed E-state index contributed by atoms with van der Waals surface area (Å²) in [6.45, 7) is 0. The van der Waals surface area contributed by atoms with Crippen LogP contribution in [0.25, 0.3) is 241 Å². The fraction of sp³-hybridized carbons (Fsp3) is 0. The average Bonchev–Trinajstić information content (AvgIpc) is 0.724. The number of fused-ring (bicyclic) bond motifs is 14. The first-order chi connectivity index (χ1) is 59.5. The van der Waals surface area contributed by atoms with Crippen molar-refractivity contribution in [2.24, 2.45) is 0 Å². The van der Waals surface area contributed by atoms with Crippen LogP contribution < -0.4 is 0 Å². The van der Waals surface area contributed by atoms with Gasteiger partial charge in [-0.05, 0) is 271 Å². The summed E-state index contributed by atoms with van der Waals surface area (Å²) in [5, 5.41) is 30.1. The lowest BCUT2D eigenvalue weighted by molar-refractivity contribution is 1.62. The molecule has 0 N–H and O–H groups in total. The Bertz CT molecular complexity index is 8120. The van der Waals surface area contributed by atoms with Crippen molar-refractivity contribution < 1.29 is 0 Å². The van der Waals surface area contributed by atoms with Crippen molar-refractivity contribution in [3.8, 4) is 111 Å². The van der Waals surface area contributed by atoms with Crippen molar-refractivity contribution in [1.29, 1.82) is 0 Å². The molecule has 0 spiro atoms. The highest BCUT2D eigenvalue weighted by Gasteiger charge is 2.25. The molecule has 0 saturated heterocycles. The van der Waals surface area contributed by atoms with E-state index < -0.39 is 0 Å². The molecule has 0 atom stereocenters. The molecular formula is C120H76. The maximum Gasteiger partial charge on any atom is -0.00201 e. The van der Waals surface area contributed by atoms with Crippen LogP contribution in [0, 0.1) is 0 Å². The van der Waals surface area contributed by atoms with Crippen LogP contribution in [-0.4, -0.2) is 0 Å². The number of hydrogen-bond donors (Lipinski definition) is 0. The van der Waals surface area contributed by atoms with Gasteiger partial charge in [0.1, 0.15) is 0 Å². The van der Waals surface area contributed by atoms with Crippen molar-refractivity contribution in [3.63, 3.8) is 0 Å². The van der Waals surface area contributed by atoms with E-state index in [1.165, 1.54) is 241 Å². The smallest absolute Gasteiger partial charge is 0.00201 e. The van der Waals surface area contributed by atoms with Gasteiger partial charge in [0.15, 0.2) is 0 Å². The predicted octanol–water partition coefficient (Wildman–Crippen LogP) is 33.9. The van der Waals surface area contributed by atoms with Gasteiger partial charge in [-0.15, -0.1) is 0 Å². The molecule has 0 heteroatoms. The van der Waals surface area contributed by atoms with Gasteiger partial charge in [-0.1, -0.05) is 431 Å². The molecule has 0 bridgehead atoms. The second kappa shape index (κ2) is 29.3. The largest absolute Gasteiger partial charge is 0.0622 e. The lowest BCUT2D eigenvalue weighted by Gasteiger charge is -2.21. The normalized spacial score (nSPS) is 11.7. The SMILES string of the molecule is c1ccc(-c2c(-c3ccccc3)c3ccc(-c4c5ccccc5c(-c5ccc(-c6cccc7ccccc67)cc5)c5ccccc45)cc3c3ccccc23)cc1.c1ccc2cc(-c3ccc(-c4c5ccccc5c(-c5ccc6c(-c7ccc8ccccc8c7)c(-c7ccc8ccccc8c7)c7ccccc7c6c5)c5ccccc45)cc3)ccc2c1. The Hall–Kier alpha value is -15.6. The van der Waals surface area contributed by atoms with Gasteiger partial charge in [-0.25, -0.2) is 0 Å². The molecule has 0 nitrogen and oxygen atoms in total.